The second kappa shape index (κ2) is 9.12. The average Bonchev–Trinajstić information content (AvgIpc) is 2.28. The van der Waals surface area contributed by atoms with E-state index in [2.05, 4.69) is 9.47 Å². The van der Waals surface area contributed by atoms with E-state index >= 15 is 0 Å². The van der Waals surface area contributed by atoms with Crippen LogP contribution < -0.4 is 0 Å². The second-order valence-electron chi connectivity index (χ2n) is 3.40. The molecule has 0 radical (unpaired) electrons. The average molecular weight is 234 g/mol. The Labute approximate surface area is 95.1 Å². The third-order valence-electron chi connectivity index (χ3n) is 1.90. The zero-order chi connectivity index (χ0) is 12.4. The lowest BCUT2D eigenvalue weighted by atomic mass is 10.3. The summed E-state index contributed by atoms with van der Waals surface area (Å²) in [6.45, 7) is 4.11. The van der Waals surface area contributed by atoms with E-state index in [0.29, 0.717) is 12.8 Å². The van der Waals surface area contributed by atoms with Crippen LogP contribution in [0.1, 0.15) is 39.5 Å². The van der Waals surface area contributed by atoms with Gasteiger partial charge in [0.15, 0.2) is 0 Å². The fraction of sp³-hybridized carbons (Fsp3) is 0.818. The minimum Gasteiger partial charge on any atom is -0.463 e. The molecule has 0 heterocycles. The Bertz CT molecular complexity index is 196. The SMILES string of the molecule is CCCCOC(=O)C(F)C(=O)OCCCC. The van der Waals surface area contributed by atoms with Gasteiger partial charge in [0.1, 0.15) is 0 Å². The molecule has 0 spiro atoms. The van der Waals surface area contributed by atoms with E-state index in [1.54, 1.807) is 0 Å². The van der Waals surface area contributed by atoms with Crippen molar-refractivity contribution in [2.24, 2.45) is 0 Å². The summed E-state index contributed by atoms with van der Waals surface area (Å²) in [7, 11) is 0. The molecule has 0 atom stereocenters. The third kappa shape index (κ3) is 6.37. The zero-order valence-electron chi connectivity index (χ0n) is 9.83. The maximum absolute atomic E-state index is 13.1. The van der Waals surface area contributed by atoms with E-state index < -0.39 is 18.1 Å². The monoisotopic (exact) mass is 234 g/mol. The number of ether oxygens (including phenoxy) is 2. The lowest BCUT2D eigenvalue weighted by Crippen LogP contribution is -2.30. The summed E-state index contributed by atoms with van der Waals surface area (Å²) < 4.78 is 22.2. The summed E-state index contributed by atoms with van der Waals surface area (Å²) >= 11 is 0. The smallest absolute Gasteiger partial charge is 0.352 e. The minimum atomic E-state index is -2.31. The van der Waals surface area contributed by atoms with Gasteiger partial charge in [0.05, 0.1) is 13.2 Å². The van der Waals surface area contributed by atoms with Crippen LogP contribution in [0.4, 0.5) is 4.39 Å². The molecular formula is C11H19FO4. The van der Waals surface area contributed by atoms with Gasteiger partial charge in [0.25, 0.3) is 6.17 Å². The van der Waals surface area contributed by atoms with Crippen molar-refractivity contribution in [3.63, 3.8) is 0 Å². The minimum absolute atomic E-state index is 0.137. The molecule has 0 aromatic rings. The third-order valence-corrected chi connectivity index (χ3v) is 1.90. The van der Waals surface area contributed by atoms with E-state index in [1.807, 2.05) is 13.8 Å². The molecular weight excluding hydrogens is 215 g/mol. The first-order valence-electron chi connectivity index (χ1n) is 5.60. The van der Waals surface area contributed by atoms with Crippen LogP contribution in [0, 0.1) is 0 Å². The quantitative estimate of drug-likeness (QED) is 0.366. The van der Waals surface area contributed by atoms with Gasteiger partial charge in [-0.3, -0.25) is 0 Å². The first-order chi connectivity index (χ1) is 7.63. The van der Waals surface area contributed by atoms with Crippen LogP contribution in [0.15, 0.2) is 0 Å². The molecule has 0 fully saturated rings. The summed E-state index contributed by atoms with van der Waals surface area (Å²) in [5.41, 5.74) is 0. The molecule has 0 unspecified atom stereocenters. The summed E-state index contributed by atoms with van der Waals surface area (Å²) in [5, 5.41) is 0. The number of hydrogen-bond donors (Lipinski definition) is 0. The number of carbonyl (C=O) groups is 2. The van der Waals surface area contributed by atoms with Crippen LogP contribution in [-0.4, -0.2) is 31.3 Å². The fourth-order valence-corrected chi connectivity index (χ4v) is 0.877. The Morgan fingerprint density at radius 2 is 1.38 bits per heavy atom. The molecule has 94 valence electrons. The van der Waals surface area contributed by atoms with Crippen LogP contribution in [0.25, 0.3) is 0 Å². The highest BCUT2D eigenvalue weighted by atomic mass is 19.1. The maximum atomic E-state index is 13.1. The predicted octanol–water partition coefficient (Wildman–Crippen LogP) is 2.01. The lowest BCUT2D eigenvalue weighted by molar-refractivity contribution is -0.163. The fourth-order valence-electron chi connectivity index (χ4n) is 0.877. The summed E-state index contributed by atoms with van der Waals surface area (Å²) in [5.74, 6) is -2.31. The highest BCUT2D eigenvalue weighted by Crippen LogP contribution is 2.01. The molecule has 0 aromatic heterocycles. The van der Waals surface area contributed by atoms with E-state index in [0.717, 1.165) is 12.8 Å². The zero-order valence-corrected chi connectivity index (χ0v) is 9.83. The molecule has 0 aliphatic heterocycles. The van der Waals surface area contributed by atoms with Crippen molar-refractivity contribution in [1.82, 2.24) is 0 Å². The Morgan fingerprint density at radius 3 is 1.69 bits per heavy atom. The van der Waals surface area contributed by atoms with E-state index in [1.165, 1.54) is 0 Å². The molecule has 0 saturated carbocycles. The molecule has 0 bridgehead atoms. The van der Waals surface area contributed by atoms with Crippen LogP contribution in [0.5, 0.6) is 0 Å². The van der Waals surface area contributed by atoms with Crippen molar-refractivity contribution in [2.45, 2.75) is 45.7 Å². The highest BCUT2D eigenvalue weighted by Gasteiger charge is 2.29. The summed E-state index contributed by atoms with van der Waals surface area (Å²) in [6, 6.07) is 0. The number of rotatable bonds is 8. The molecule has 0 saturated heterocycles. The number of unbranched alkanes of at least 4 members (excludes halogenated alkanes) is 2. The van der Waals surface area contributed by atoms with Gasteiger partial charge < -0.3 is 9.47 Å². The second-order valence-corrected chi connectivity index (χ2v) is 3.40. The van der Waals surface area contributed by atoms with Crippen LogP contribution in [0.2, 0.25) is 0 Å². The van der Waals surface area contributed by atoms with Crippen LogP contribution in [-0.2, 0) is 19.1 Å². The van der Waals surface area contributed by atoms with Gasteiger partial charge in [-0.2, -0.15) is 0 Å². The number of carbonyl (C=O) groups excluding carboxylic acids is 2. The van der Waals surface area contributed by atoms with Gasteiger partial charge in [0, 0.05) is 0 Å². The number of hydrogen-bond acceptors (Lipinski definition) is 4. The van der Waals surface area contributed by atoms with E-state index in [-0.39, 0.29) is 13.2 Å². The highest BCUT2D eigenvalue weighted by molar-refractivity contribution is 5.97. The Hall–Kier alpha value is -1.13. The molecule has 0 N–H and O–H groups in total. The van der Waals surface area contributed by atoms with Crippen LogP contribution in [0.3, 0.4) is 0 Å². The van der Waals surface area contributed by atoms with Gasteiger partial charge >= 0.3 is 11.9 Å². The van der Waals surface area contributed by atoms with Gasteiger partial charge in [-0.15, -0.1) is 0 Å². The Morgan fingerprint density at radius 1 is 1.00 bits per heavy atom. The van der Waals surface area contributed by atoms with Gasteiger partial charge in [-0.25, -0.2) is 14.0 Å². The lowest BCUT2D eigenvalue weighted by Gasteiger charge is -2.08. The van der Waals surface area contributed by atoms with Crippen molar-refractivity contribution < 1.29 is 23.5 Å². The van der Waals surface area contributed by atoms with Crippen molar-refractivity contribution >= 4 is 11.9 Å². The molecule has 0 amide bonds. The number of alkyl halides is 1. The van der Waals surface area contributed by atoms with Gasteiger partial charge in [-0.05, 0) is 12.8 Å². The molecule has 16 heavy (non-hydrogen) atoms. The standard InChI is InChI=1S/C11H19FO4/c1-3-5-7-15-10(13)9(12)11(14)16-8-6-4-2/h9H,3-8H2,1-2H3. The van der Waals surface area contributed by atoms with E-state index in [4.69, 9.17) is 0 Å². The van der Waals surface area contributed by atoms with Gasteiger partial charge in [-0.1, -0.05) is 26.7 Å². The molecule has 0 aromatic carbocycles. The Kier molecular flexibility index (Phi) is 8.48. The van der Waals surface area contributed by atoms with Gasteiger partial charge in [0.2, 0.25) is 0 Å². The molecule has 4 nitrogen and oxygen atoms in total. The van der Waals surface area contributed by atoms with Crippen LogP contribution >= 0.6 is 0 Å². The molecule has 0 aliphatic rings. The summed E-state index contributed by atoms with van der Waals surface area (Å²) in [6.07, 6.45) is 0.678. The predicted molar refractivity (Wildman–Crippen MR) is 56.6 cm³/mol. The topological polar surface area (TPSA) is 52.6 Å². The van der Waals surface area contributed by atoms with Crippen molar-refractivity contribution in [1.29, 1.82) is 0 Å². The van der Waals surface area contributed by atoms with E-state index in [9.17, 15) is 14.0 Å². The Balaban J connectivity index is 3.78. The molecule has 0 rings (SSSR count). The molecule has 5 heteroatoms. The van der Waals surface area contributed by atoms with Crippen molar-refractivity contribution in [3.05, 3.63) is 0 Å². The maximum Gasteiger partial charge on any atom is 0.352 e. The van der Waals surface area contributed by atoms with Crippen molar-refractivity contribution in [2.75, 3.05) is 13.2 Å². The first-order valence-corrected chi connectivity index (χ1v) is 5.60. The number of esters is 2. The normalized spacial score (nSPS) is 10.2. The van der Waals surface area contributed by atoms with Crippen molar-refractivity contribution in [3.8, 4) is 0 Å². The largest absolute Gasteiger partial charge is 0.463 e. The first kappa shape index (κ1) is 14.9. The molecule has 0 aliphatic carbocycles. The number of halogens is 1. The summed E-state index contributed by atoms with van der Waals surface area (Å²) in [4.78, 5) is 22.0.